The van der Waals surface area contributed by atoms with Crippen molar-refractivity contribution in [3.63, 3.8) is 0 Å². The van der Waals surface area contributed by atoms with Crippen molar-refractivity contribution in [1.29, 1.82) is 0 Å². The second kappa shape index (κ2) is 5.07. The van der Waals surface area contributed by atoms with E-state index in [1.165, 1.54) is 0 Å². The Hall–Kier alpha value is -0.590. The Morgan fingerprint density at radius 2 is 2.11 bits per heavy atom. The summed E-state index contributed by atoms with van der Waals surface area (Å²) in [6, 6.07) is 4.74. The molecule has 1 atom stereocenters. The standard InChI is InChI=1S/C13H18BrNO3S/c1-13(2)7-9(13)8-15-19(16,17)10-4-5-12(18-3)11(14)6-10/h4-6,9,15H,7-8H2,1-3H3. The minimum Gasteiger partial charge on any atom is -0.496 e. The first-order valence-electron chi connectivity index (χ1n) is 6.09. The third kappa shape index (κ3) is 3.30. The first-order chi connectivity index (χ1) is 8.76. The summed E-state index contributed by atoms with van der Waals surface area (Å²) in [7, 11) is -1.91. The van der Waals surface area contributed by atoms with Crippen molar-refractivity contribution in [2.75, 3.05) is 13.7 Å². The summed E-state index contributed by atoms with van der Waals surface area (Å²) in [5, 5.41) is 0. The topological polar surface area (TPSA) is 55.4 Å². The van der Waals surface area contributed by atoms with Gasteiger partial charge in [-0.05, 0) is 51.9 Å². The highest BCUT2D eigenvalue weighted by Gasteiger charge is 2.45. The van der Waals surface area contributed by atoms with E-state index in [9.17, 15) is 8.42 Å². The number of halogens is 1. The lowest BCUT2D eigenvalue weighted by atomic mass is 10.1. The van der Waals surface area contributed by atoms with Crippen molar-refractivity contribution < 1.29 is 13.2 Å². The average Bonchev–Trinajstić information content (AvgIpc) is 2.95. The van der Waals surface area contributed by atoms with Crippen LogP contribution in [0.25, 0.3) is 0 Å². The van der Waals surface area contributed by atoms with Crippen LogP contribution in [-0.4, -0.2) is 22.1 Å². The number of benzene rings is 1. The Balaban J connectivity index is 2.09. The van der Waals surface area contributed by atoms with Gasteiger partial charge in [-0.3, -0.25) is 0 Å². The molecule has 0 radical (unpaired) electrons. The number of methoxy groups -OCH3 is 1. The molecule has 0 aliphatic heterocycles. The van der Waals surface area contributed by atoms with Crippen LogP contribution >= 0.6 is 15.9 Å². The molecule has 1 N–H and O–H groups in total. The maximum absolute atomic E-state index is 12.2. The van der Waals surface area contributed by atoms with Gasteiger partial charge in [-0.2, -0.15) is 0 Å². The predicted molar refractivity (Wildman–Crippen MR) is 77.8 cm³/mol. The number of nitrogens with one attached hydrogen (secondary N) is 1. The van der Waals surface area contributed by atoms with E-state index in [1.54, 1.807) is 25.3 Å². The fraction of sp³-hybridized carbons (Fsp3) is 0.538. The molecule has 19 heavy (non-hydrogen) atoms. The van der Waals surface area contributed by atoms with E-state index in [0.29, 0.717) is 22.7 Å². The van der Waals surface area contributed by atoms with Crippen LogP contribution in [-0.2, 0) is 10.0 Å². The molecule has 106 valence electrons. The molecule has 0 spiro atoms. The van der Waals surface area contributed by atoms with Gasteiger partial charge in [0, 0.05) is 6.54 Å². The molecule has 0 heterocycles. The van der Waals surface area contributed by atoms with Crippen LogP contribution in [0.2, 0.25) is 0 Å². The summed E-state index contributed by atoms with van der Waals surface area (Å²) < 4.78 is 32.7. The zero-order valence-corrected chi connectivity index (χ0v) is 13.6. The number of rotatable bonds is 5. The van der Waals surface area contributed by atoms with Crippen molar-refractivity contribution in [2.24, 2.45) is 11.3 Å². The van der Waals surface area contributed by atoms with Crippen LogP contribution in [0.3, 0.4) is 0 Å². The summed E-state index contributed by atoms with van der Waals surface area (Å²) in [5.74, 6) is 1.05. The number of sulfonamides is 1. The molecule has 6 heteroatoms. The number of hydrogen-bond donors (Lipinski definition) is 1. The summed E-state index contributed by atoms with van der Waals surface area (Å²) >= 11 is 3.29. The van der Waals surface area contributed by atoms with Crippen LogP contribution in [0.15, 0.2) is 27.6 Å². The van der Waals surface area contributed by atoms with E-state index in [0.717, 1.165) is 6.42 Å². The van der Waals surface area contributed by atoms with E-state index < -0.39 is 10.0 Å². The number of ether oxygens (including phenoxy) is 1. The molecule has 1 unspecified atom stereocenters. The van der Waals surface area contributed by atoms with Gasteiger partial charge in [0.1, 0.15) is 5.75 Å². The second-order valence-electron chi connectivity index (χ2n) is 5.54. The minimum absolute atomic E-state index is 0.249. The second-order valence-corrected chi connectivity index (χ2v) is 8.16. The first kappa shape index (κ1) is 14.8. The lowest BCUT2D eigenvalue weighted by Crippen LogP contribution is -2.26. The van der Waals surface area contributed by atoms with E-state index in [-0.39, 0.29) is 10.3 Å². The molecule has 1 aromatic rings. The van der Waals surface area contributed by atoms with Gasteiger partial charge in [0.2, 0.25) is 10.0 Å². The summed E-state index contributed by atoms with van der Waals surface area (Å²) in [4.78, 5) is 0.249. The fourth-order valence-corrected chi connectivity index (χ4v) is 3.83. The lowest BCUT2D eigenvalue weighted by molar-refractivity contribution is 0.411. The highest BCUT2D eigenvalue weighted by molar-refractivity contribution is 9.10. The van der Waals surface area contributed by atoms with Gasteiger partial charge in [-0.1, -0.05) is 13.8 Å². The highest BCUT2D eigenvalue weighted by Crippen LogP contribution is 2.51. The van der Waals surface area contributed by atoms with Crippen LogP contribution in [0.1, 0.15) is 20.3 Å². The third-order valence-electron chi connectivity index (χ3n) is 3.67. The lowest BCUT2D eigenvalue weighted by Gasteiger charge is -2.09. The van der Waals surface area contributed by atoms with Gasteiger partial charge >= 0.3 is 0 Å². The van der Waals surface area contributed by atoms with Crippen molar-refractivity contribution in [2.45, 2.75) is 25.2 Å². The van der Waals surface area contributed by atoms with Gasteiger partial charge in [-0.25, -0.2) is 13.1 Å². The van der Waals surface area contributed by atoms with E-state index in [2.05, 4.69) is 34.5 Å². The summed E-state index contributed by atoms with van der Waals surface area (Å²) in [6.45, 7) is 4.80. The van der Waals surface area contributed by atoms with E-state index >= 15 is 0 Å². The van der Waals surface area contributed by atoms with Crippen molar-refractivity contribution in [1.82, 2.24) is 4.72 Å². The molecule has 2 rings (SSSR count). The largest absolute Gasteiger partial charge is 0.496 e. The molecular weight excluding hydrogens is 330 g/mol. The van der Waals surface area contributed by atoms with Gasteiger partial charge in [0.25, 0.3) is 0 Å². The van der Waals surface area contributed by atoms with Crippen molar-refractivity contribution >= 4 is 26.0 Å². The normalized spacial score (nSPS) is 21.2. The molecule has 0 amide bonds. The molecule has 0 saturated heterocycles. The van der Waals surface area contributed by atoms with Crippen LogP contribution in [0.5, 0.6) is 5.75 Å². The Labute approximate surface area is 122 Å². The summed E-state index contributed by atoms with van der Waals surface area (Å²) in [5.41, 5.74) is 0.267. The molecule has 4 nitrogen and oxygen atoms in total. The van der Waals surface area contributed by atoms with Crippen LogP contribution < -0.4 is 9.46 Å². The van der Waals surface area contributed by atoms with Crippen molar-refractivity contribution in [3.05, 3.63) is 22.7 Å². The Morgan fingerprint density at radius 1 is 1.47 bits per heavy atom. The fourth-order valence-electron chi connectivity index (χ4n) is 2.03. The molecule has 1 fully saturated rings. The molecule has 0 bridgehead atoms. The van der Waals surface area contributed by atoms with Gasteiger partial charge in [-0.15, -0.1) is 0 Å². The molecular formula is C13H18BrNO3S. The molecule has 0 aromatic heterocycles. The van der Waals surface area contributed by atoms with Gasteiger partial charge in [0.05, 0.1) is 16.5 Å². The Kier molecular flexibility index (Phi) is 3.95. The smallest absolute Gasteiger partial charge is 0.240 e. The van der Waals surface area contributed by atoms with Crippen molar-refractivity contribution in [3.8, 4) is 5.75 Å². The predicted octanol–water partition coefficient (Wildman–Crippen LogP) is 2.78. The van der Waals surface area contributed by atoms with Gasteiger partial charge in [0.15, 0.2) is 0 Å². The summed E-state index contributed by atoms with van der Waals surface area (Å²) in [6.07, 6.45) is 1.07. The first-order valence-corrected chi connectivity index (χ1v) is 8.37. The SMILES string of the molecule is COc1ccc(S(=O)(=O)NCC2CC2(C)C)cc1Br. The maximum atomic E-state index is 12.2. The molecule has 1 aliphatic carbocycles. The van der Waals surface area contributed by atoms with Gasteiger partial charge < -0.3 is 4.74 Å². The average molecular weight is 348 g/mol. The Bertz CT molecular complexity index is 584. The third-order valence-corrected chi connectivity index (χ3v) is 5.71. The zero-order chi connectivity index (χ0) is 14.3. The maximum Gasteiger partial charge on any atom is 0.240 e. The molecule has 1 aliphatic rings. The highest BCUT2D eigenvalue weighted by atomic mass is 79.9. The Morgan fingerprint density at radius 3 is 2.58 bits per heavy atom. The number of hydrogen-bond acceptors (Lipinski definition) is 3. The monoisotopic (exact) mass is 347 g/mol. The quantitative estimate of drug-likeness (QED) is 0.890. The molecule has 1 aromatic carbocycles. The van der Waals surface area contributed by atoms with E-state index in [1.807, 2.05) is 0 Å². The zero-order valence-electron chi connectivity index (χ0n) is 11.2. The van der Waals surface area contributed by atoms with Crippen LogP contribution in [0, 0.1) is 11.3 Å². The van der Waals surface area contributed by atoms with Crippen LogP contribution in [0.4, 0.5) is 0 Å². The minimum atomic E-state index is -3.45. The van der Waals surface area contributed by atoms with E-state index in [4.69, 9.17) is 4.74 Å². The molecule has 1 saturated carbocycles.